The highest BCUT2D eigenvalue weighted by molar-refractivity contribution is 5.91. The maximum Gasteiger partial charge on any atom is 0.244 e. The van der Waals surface area contributed by atoms with Crippen molar-refractivity contribution in [3.05, 3.63) is 54.0 Å². The summed E-state index contributed by atoms with van der Waals surface area (Å²) in [6, 6.07) is 8.79. The van der Waals surface area contributed by atoms with Crippen molar-refractivity contribution in [3.63, 3.8) is 0 Å². The molecule has 0 radical (unpaired) electrons. The van der Waals surface area contributed by atoms with E-state index in [1.54, 1.807) is 44.6 Å². The van der Waals surface area contributed by atoms with Crippen LogP contribution < -0.4 is 14.8 Å². The van der Waals surface area contributed by atoms with Gasteiger partial charge in [-0.25, -0.2) is 0 Å². The van der Waals surface area contributed by atoms with E-state index in [9.17, 15) is 9.90 Å². The lowest BCUT2D eigenvalue weighted by atomic mass is 10.2. The number of carbonyl (C=O) groups is 1. The molecule has 1 atom stereocenters. The molecule has 1 aromatic carbocycles. The summed E-state index contributed by atoms with van der Waals surface area (Å²) >= 11 is 0. The van der Waals surface area contributed by atoms with Crippen LogP contribution in [-0.2, 0) is 4.79 Å². The molecule has 0 bridgehead atoms. The van der Waals surface area contributed by atoms with E-state index in [2.05, 4.69) is 5.32 Å². The maximum absolute atomic E-state index is 11.8. The Balaban J connectivity index is 1.82. The van der Waals surface area contributed by atoms with E-state index < -0.39 is 6.10 Å². The van der Waals surface area contributed by atoms with Crippen LogP contribution >= 0.6 is 0 Å². The van der Waals surface area contributed by atoms with Gasteiger partial charge in [-0.15, -0.1) is 0 Å². The number of nitrogens with one attached hydrogen (secondary N) is 1. The Morgan fingerprint density at radius 3 is 2.75 bits per heavy atom. The van der Waals surface area contributed by atoms with Crippen LogP contribution in [-0.4, -0.2) is 31.8 Å². The molecular formula is C18H21NO5. The van der Waals surface area contributed by atoms with Crippen molar-refractivity contribution >= 4 is 12.0 Å². The fourth-order valence-corrected chi connectivity index (χ4v) is 2.14. The second kappa shape index (κ2) is 8.79. The highest BCUT2D eigenvalue weighted by atomic mass is 16.5. The summed E-state index contributed by atoms with van der Waals surface area (Å²) in [7, 11) is 3.13. The van der Waals surface area contributed by atoms with Crippen LogP contribution in [0.3, 0.4) is 0 Å². The van der Waals surface area contributed by atoms with Crippen LogP contribution in [0.4, 0.5) is 0 Å². The minimum atomic E-state index is -0.727. The molecular weight excluding hydrogens is 310 g/mol. The number of ether oxygens (including phenoxy) is 2. The van der Waals surface area contributed by atoms with Crippen molar-refractivity contribution < 1.29 is 23.8 Å². The highest BCUT2D eigenvalue weighted by Gasteiger charge is 2.10. The lowest BCUT2D eigenvalue weighted by Crippen LogP contribution is -2.23. The number of aliphatic hydroxyl groups excluding tert-OH is 1. The maximum atomic E-state index is 11.8. The van der Waals surface area contributed by atoms with Gasteiger partial charge in [-0.05, 0) is 42.3 Å². The Kier molecular flexibility index (Phi) is 6.45. The standard InChI is InChI=1S/C18H21NO5/c1-22-16-7-5-13(12-17(16)23-2)6-8-18(21)19-10-9-14(20)15-4-3-11-24-15/h3-8,11-12,14,20H,9-10H2,1-2H3,(H,19,21). The molecule has 6 heteroatoms. The van der Waals surface area contributed by atoms with Crippen molar-refractivity contribution in [2.45, 2.75) is 12.5 Å². The lowest BCUT2D eigenvalue weighted by molar-refractivity contribution is -0.116. The topological polar surface area (TPSA) is 80.9 Å². The summed E-state index contributed by atoms with van der Waals surface area (Å²) < 4.78 is 15.5. The zero-order chi connectivity index (χ0) is 17.4. The van der Waals surface area contributed by atoms with E-state index in [0.29, 0.717) is 30.2 Å². The van der Waals surface area contributed by atoms with E-state index in [0.717, 1.165) is 5.56 Å². The van der Waals surface area contributed by atoms with Crippen molar-refractivity contribution in [3.8, 4) is 11.5 Å². The number of methoxy groups -OCH3 is 2. The van der Waals surface area contributed by atoms with Gasteiger partial charge in [-0.2, -0.15) is 0 Å². The van der Waals surface area contributed by atoms with E-state index in [1.807, 2.05) is 6.07 Å². The first kappa shape index (κ1) is 17.6. The monoisotopic (exact) mass is 331 g/mol. The average molecular weight is 331 g/mol. The van der Waals surface area contributed by atoms with Crippen molar-refractivity contribution in [2.24, 2.45) is 0 Å². The molecule has 2 aromatic rings. The number of furan rings is 1. The van der Waals surface area contributed by atoms with Crippen LogP contribution in [0.15, 0.2) is 47.1 Å². The number of rotatable bonds is 8. The average Bonchev–Trinajstić information content (AvgIpc) is 3.14. The quantitative estimate of drug-likeness (QED) is 0.727. The van der Waals surface area contributed by atoms with Crippen LogP contribution in [0.5, 0.6) is 11.5 Å². The molecule has 0 aliphatic carbocycles. The zero-order valence-corrected chi connectivity index (χ0v) is 13.7. The summed E-state index contributed by atoms with van der Waals surface area (Å²) in [5.74, 6) is 1.48. The molecule has 1 aromatic heterocycles. The third kappa shape index (κ3) is 4.89. The molecule has 0 saturated heterocycles. The molecule has 2 N–H and O–H groups in total. The molecule has 0 aliphatic rings. The molecule has 0 fully saturated rings. The summed E-state index contributed by atoms with van der Waals surface area (Å²) in [6.07, 6.45) is 4.27. The smallest absolute Gasteiger partial charge is 0.244 e. The van der Waals surface area contributed by atoms with Gasteiger partial charge in [0.25, 0.3) is 0 Å². The molecule has 1 amide bonds. The Bertz CT molecular complexity index is 679. The Morgan fingerprint density at radius 1 is 1.29 bits per heavy atom. The van der Waals surface area contributed by atoms with Gasteiger partial charge in [0.1, 0.15) is 11.9 Å². The molecule has 1 unspecified atom stereocenters. The molecule has 2 rings (SSSR count). The van der Waals surface area contributed by atoms with Gasteiger partial charge in [0.15, 0.2) is 11.5 Å². The van der Waals surface area contributed by atoms with E-state index in [-0.39, 0.29) is 5.91 Å². The second-order valence-electron chi connectivity index (χ2n) is 5.06. The van der Waals surface area contributed by atoms with Crippen LogP contribution in [0, 0.1) is 0 Å². The number of hydrogen-bond acceptors (Lipinski definition) is 5. The van der Waals surface area contributed by atoms with E-state index in [4.69, 9.17) is 13.9 Å². The third-order valence-corrected chi connectivity index (χ3v) is 3.42. The summed E-state index contributed by atoms with van der Waals surface area (Å²) in [4.78, 5) is 11.8. The predicted octanol–water partition coefficient (Wildman–Crippen LogP) is 2.55. The molecule has 0 spiro atoms. The summed E-state index contributed by atoms with van der Waals surface area (Å²) in [6.45, 7) is 0.344. The van der Waals surface area contributed by atoms with Gasteiger partial charge in [0, 0.05) is 12.6 Å². The number of hydrogen-bond donors (Lipinski definition) is 2. The minimum Gasteiger partial charge on any atom is -0.493 e. The van der Waals surface area contributed by atoms with Crippen molar-refractivity contribution in [1.82, 2.24) is 5.32 Å². The second-order valence-corrected chi connectivity index (χ2v) is 5.06. The normalized spacial score (nSPS) is 12.1. The first-order valence-corrected chi connectivity index (χ1v) is 7.53. The van der Waals surface area contributed by atoms with Gasteiger partial charge in [-0.3, -0.25) is 4.79 Å². The minimum absolute atomic E-state index is 0.239. The van der Waals surface area contributed by atoms with E-state index in [1.165, 1.54) is 12.3 Å². The predicted molar refractivity (Wildman–Crippen MR) is 89.9 cm³/mol. The fraction of sp³-hybridized carbons (Fsp3) is 0.278. The van der Waals surface area contributed by atoms with Gasteiger partial charge >= 0.3 is 0 Å². The molecule has 0 saturated carbocycles. The zero-order valence-electron chi connectivity index (χ0n) is 13.7. The summed E-state index contributed by atoms with van der Waals surface area (Å²) in [5.41, 5.74) is 0.818. The number of aliphatic hydroxyl groups is 1. The number of benzene rings is 1. The fourth-order valence-electron chi connectivity index (χ4n) is 2.14. The van der Waals surface area contributed by atoms with Crippen LogP contribution in [0.25, 0.3) is 6.08 Å². The van der Waals surface area contributed by atoms with Gasteiger partial charge in [-0.1, -0.05) is 6.07 Å². The van der Waals surface area contributed by atoms with Gasteiger partial charge in [0.05, 0.1) is 20.5 Å². The van der Waals surface area contributed by atoms with Crippen molar-refractivity contribution in [2.75, 3.05) is 20.8 Å². The first-order chi connectivity index (χ1) is 11.6. The Morgan fingerprint density at radius 2 is 2.08 bits per heavy atom. The van der Waals surface area contributed by atoms with Crippen LogP contribution in [0.1, 0.15) is 23.8 Å². The number of amides is 1. The summed E-state index contributed by atoms with van der Waals surface area (Å²) in [5, 5.41) is 12.6. The molecule has 1 heterocycles. The first-order valence-electron chi connectivity index (χ1n) is 7.53. The lowest BCUT2D eigenvalue weighted by Gasteiger charge is -2.08. The largest absolute Gasteiger partial charge is 0.493 e. The molecule has 6 nitrogen and oxygen atoms in total. The van der Waals surface area contributed by atoms with Crippen molar-refractivity contribution in [1.29, 1.82) is 0 Å². The van der Waals surface area contributed by atoms with Crippen LogP contribution in [0.2, 0.25) is 0 Å². The highest BCUT2D eigenvalue weighted by Crippen LogP contribution is 2.27. The number of carbonyl (C=O) groups excluding carboxylic acids is 1. The molecule has 128 valence electrons. The third-order valence-electron chi connectivity index (χ3n) is 3.42. The van der Waals surface area contributed by atoms with Gasteiger partial charge < -0.3 is 24.3 Å². The molecule has 24 heavy (non-hydrogen) atoms. The Labute approximate surface area is 140 Å². The van der Waals surface area contributed by atoms with Gasteiger partial charge in [0.2, 0.25) is 5.91 Å². The Hall–Kier alpha value is -2.73. The van der Waals surface area contributed by atoms with E-state index >= 15 is 0 Å². The SMILES string of the molecule is COc1ccc(C=CC(=O)NCCC(O)c2ccco2)cc1OC. The molecule has 0 aliphatic heterocycles.